The highest BCUT2D eigenvalue weighted by atomic mass is 35.5. The summed E-state index contributed by atoms with van der Waals surface area (Å²) in [6, 6.07) is 7.35. The Morgan fingerprint density at radius 2 is 1.97 bits per heavy atom. The van der Waals surface area contributed by atoms with Gasteiger partial charge in [0.15, 0.2) is 11.9 Å². The van der Waals surface area contributed by atoms with E-state index in [1.807, 2.05) is 26.2 Å². The summed E-state index contributed by atoms with van der Waals surface area (Å²) in [5.41, 5.74) is 9.51. The summed E-state index contributed by atoms with van der Waals surface area (Å²) >= 11 is 18.8. The molecule has 0 bridgehead atoms. The van der Waals surface area contributed by atoms with E-state index in [-0.39, 0.29) is 18.2 Å². The van der Waals surface area contributed by atoms with E-state index in [0.29, 0.717) is 47.3 Å². The van der Waals surface area contributed by atoms with E-state index in [4.69, 9.17) is 50.0 Å². The molecule has 2 heterocycles. The Morgan fingerprint density at radius 1 is 1.19 bits per heavy atom. The number of rotatable bonds is 11. The summed E-state index contributed by atoms with van der Waals surface area (Å²) in [5, 5.41) is 5.04. The number of amidine groups is 1. The first-order valence-corrected chi connectivity index (χ1v) is 13.3. The number of ether oxygens (including phenoxy) is 2. The number of nitrogens with one attached hydrogen (secondary N) is 1. The van der Waals surface area contributed by atoms with Crippen LogP contribution in [0.3, 0.4) is 0 Å². The van der Waals surface area contributed by atoms with Gasteiger partial charge >= 0.3 is 0 Å². The molecule has 1 unspecified atom stereocenters. The van der Waals surface area contributed by atoms with Crippen LogP contribution in [0.5, 0.6) is 0 Å². The van der Waals surface area contributed by atoms with E-state index in [1.54, 1.807) is 18.2 Å². The second-order valence-electron chi connectivity index (χ2n) is 8.68. The molecular formula is C25H31Cl3N6O2. The minimum atomic E-state index is -0.368. The molecule has 8 nitrogen and oxygen atoms in total. The first-order chi connectivity index (χ1) is 17.4. The fourth-order valence-electron chi connectivity index (χ4n) is 4.56. The van der Waals surface area contributed by atoms with Crippen LogP contribution in [0.25, 0.3) is 11.2 Å². The van der Waals surface area contributed by atoms with Gasteiger partial charge in [0.2, 0.25) is 0 Å². The van der Waals surface area contributed by atoms with Crippen LogP contribution in [0, 0.1) is 5.92 Å². The molecule has 36 heavy (non-hydrogen) atoms. The van der Waals surface area contributed by atoms with Crippen LogP contribution >= 0.6 is 34.8 Å². The predicted octanol–water partition coefficient (Wildman–Crippen LogP) is 6.10. The van der Waals surface area contributed by atoms with E-state index in [0.717, 1.165) is 41.7 Å². The molecule has 0 saturated heterocycles. The number of pyridine rings is 1. The number of hydrogen-bond acceptors (Lipinski definition) is 6. The number of anilines is 1. The molecule has 194 valence electrons. The third-order valence-corrected chi connectivity index (χ3v) is 7.12. The normalized spacial score (nSPS) is 18.4. The van der Waals surface area contributed by atoms with Crippen molar-refractivity contribution in [2.75, 3.05) is 25.1 Å². The number of nitrogens with two attached hydrogens (primary N) is 1. The van der Waals surface area contributed by atoms with Crippen LogP contribution < -0.4 is 11.1 Å². The standard InChI is InChI=1S/C25H31Cl3N6O2/c1-3-35-22(36-4-2)13-31-24(29)15-5-7-18(10-15)34-14-32-23-20(11-21(28)33-25(23)34)30-12-16-9-17(26)6-8-19(16)27/h6,8-9,11,14-15,18,22H,3-5,7,10,12-13H2,1-2H3,(H2,29,31)(H,30,33)/t15?,18-/m0/s1. The number of benzene rings is 1. The summed E-state index contributed by atoms with van der Waals surface area (Å²) in [5.74, 6) is 0.816. The van der Waals surface area contributed by atoms with Gasteiger partial charge in [-0.3, -0.25) is 4.99 Å². The maximum atomic E-state index is 6.40. The third-order valence-electron chi connectivity index (χ3n) is 6.32. The van der Waals surface area contributed by atoms with Crippen LogP contribution in [0.15, 0.2) is 35.6 Å². The van der Waals surface area contributed by atoms with Gasteiger partial charge in [-0.2, -0.15) is 0 Å². The highest BCUT2D eigenvalue weighted by Gasteiger charge is 2.30. The highest BCUT2D eigenvalue weighted by Crippen LogP contribution is 2.37. The van der Waals surface area contributed by atoms with Crippen molar-refractivity contribution in [2.24, 2.45) is 16.6 Å². The lowest BCUT2D eigenvalue weighted by atomic mass is 10.1. The minimum absolute atomic E-state index is 0.179. The Kier molecular flexibility index (Phi) is 9.30. The van der Waals surface area contributed by atoms with Gasteiger partial charge in [0.05, 0.1) is 24.4 Å². The molecule has 0 aliphatic heterocycles. The zero-order valence-corrected chi connectivity index (χ0v) is 22.7. The maximum absolute atomic E-state index is 6.40. The van der Waals surface area contributed by atoms with Gasteiger partial charge < -0.3 is 25.1 Å². The largest absolute Gasteiger partial charge is 0.387 e. The molecule has 0 spiro atoms. The van der Waals surface area contributed by atoms with Crippen molar-refractivity contribution < 1.29 is 9.47 Å². The molecule has 1 saturated carbocycles. The average molecular weight is 554 g/mol. The van der Waals surface area contributed by atoms with Crippen molar-refractivity contribution in [3.63, 3.8) is 0 Å². The quantitative estimate of drug-likeness (QED) is 0.129. The van der Waals surface area contributed by atoms with Crippen LogP contribution in [0.2, 0.25) is 15.2 Å². The van der Waals surface area contributed by atoms with E-state index >= 15 is 0 Å². The summed E-state index contributed by atoms with van der Waals surface area (Å²) in [7, 11) is 0. The Labute approximate surface area is 226 Å². The maximum Gasteiger partial charge on any atom is 0.176 e. The van der Waals surface area contributed by atoms with Gasteiger partial charge in [0.1, 0.15) is 10.7 Å². The number of aromatic nitrogens is 3. The smallest absolute Gasteiger partial charge is 0.176 e. The van der Waals surface area contributed by atoms with Crippen molar-refractivity contribution in [2.45, 2.75) is 52.0 Å². The fourth-order valence-corrected chi connectivity index (χ4v) is 5.13. The molecule has 1 fully saturated rings. The van der Waals surface area contributed by atoms with Gasteiger partial charge in [0, 0.05) is 47.8 Å². The molecule has 1 aliphatic rings. The Hall–Kier alpha value is -2.10. The molecule has 1 aliphatic carbocycles. The number of nitrogens with zero attached hydrogens (tertiary/aromatic N) is 4. The van der Waals surface area contributed by atoms with Gasteiger partial charge in [-0.05, 0) is 56.9 Å². The molecule has 11 heteroatoms. The second-order valence-corrected chi connectivity index (χ2v) is 9.91. The van der Waals surface area contributed by atoms with Crippen molar-refractivity contribution >= 4 is 57.5 Å². The monoisotopic (exact) mass is 552 g/mol. The molecular weight excluding hydrogens is 523 g/mol. The summed E-state index contributed by atoms with van der Waals surface area (Å²) in [6.07, 6.45) is 4.19. The average Bonchev–Trinajstić information content (AvgIpc) is 3.50. The van der Waals surface area contributed by atoms with Crippen molar-refractivity contribution in [1.82, 2.24) is 14.5 Å². The fraction of sp³-hybridized carbons (Fsp3) is 0.480. The molecule has 3 N–H and O–H groups in total. The first-order valence-electron chi connectivity index (χ1n) is 12.1. The van der Waals surface area contributed by atoms with Crippen molar-refractivity contribution in [3.8, 4) is 0 Å². The molecule has 2 aromatic heterocycles. The van der Waals surface area contributed by atoms with Gasteiger partial charge in [0.25, 0.3) is 0 Å². The van der Waals surface area contributed by atoms with E-state index in [9.17, 15) is 0 Å². The number of hydrogen-bond donors (Lipinski definition) is 2. The molecule has 3 aromatic rings. The molecule has 2 atom stereocenters. The lowest BCUT2D eigenvalue weighted by Gasteiger charge is -2.16. The van der Waals surface area contributed by atoms with E-state index in [2.05, 4.69) is 24.8 Å². The Bertz CT molecular complexity index is 1210. The second kappa shape index (κ2) is 12.4. The van der Waals surface area contributed by atoms with Crippen LogP contribution in [0.4, 0.5) is 5.69 Å². The van der Waals surface area contributed by atoms with Crippen LogP contribution in [-0.4, -0.2) is 46.4 Å². The number of fused-ring (bicyclic) bond motifs is 1. The zero-order chi connectivity index (χ0) is 25.7. The summed E-state index contributed by atoms with van der Waals surface area (Å²) < 4.78 is 13.2. The Balaban J connectivity index is 1.47. The van der Waals surface area contributed by atoms with Crippen LogP contribution in [-0.2, 0) is 16.0 Å². The zero-order valence-electron chi connectivity index (χ0n) is 20.4. The molecule has 4 rings (SSSR count). The molecule has 0 amide bonds. The molecule has 1 aromatic carbocycles. The molecule has 0 radical (unpaired) electrons. The summed E-state index contributed by atoms with van der Waals surface area (Å²) in [6.45, 7) is 5.87. The van der Waals surface area contributed by atoms with Crippen LogP contribution in [0.1, 0.15) is 44.7 Å². The van der Waals surface area contributed by atoms with Gasteiger partial charge in [-0.15, -0.1) is 0 Å². The van der Waals surface area contributed by atoms with Crippen molar-refractivity contribution in [3.05, 3.63) is 51.4 Å². The minimum Gasteiger partial charge on any atom is -0.387 e. The van der Waals surface area contributed by atoms with E-state index in [1.165, 1.54) is 0 Å². The van der Waals surface area contributed by atoms with Gasteiger partial charge in [-0.25, -0.2) is 9.97 Å². The highest BCUT2D eigenvalue weighted by molar-refractivity contribution is 6.33. The predicted molar refractivity (Wildman–Crippen MR) is 146 cm³/mol. The Morgan fingerprint density at radius 3 is 2.72 bits per heavy atom. The topological polar surface area (TPSA) is 99.6 Å². The number of halogens is 3. The summed E-state index contributed by atoms with van der Waals surface area (Å²) in [4.78, 5) is 13.8. The van der Waals surface area contributed by atoms with Crippen molar-refractivity contribution in [1.29, 1.82) is 0 Å². The van der Waals surface area contributed by atoms with Gasteiger partial charge in [-0.1, -0.05) is 34.8 Å². The lowest BCUT2D eigenvalue weighted by Crippen LogP contribution is -2.26. The number of aliphatic imine (C=N–C) groups is 1. The lowest BCUT2D eigenvalue weighted by molar-refractivity contribution is -0.128. The third kappa shape index (κ3) is 6.42. The number of imidazole rings is 1. The SMILES string of the molecule is CCOC(CN=C(N)C1CC[C@H](n2cnc3c(NCc4cc(Cl)ccc4Cl)cc(Cl)nc32)C1)OCC. The first kappa shape index (κ1) is 26.9. The van der Waals surface area contributed by atoms with E-state index < -0.39 is 0 Å².